The summed E-state index contributed by atoms with van der Waals surface area (Å²) in [6, 6.07) is 0. The number of carboxylic acids is 1. The van der Waals surface area contributed by atoms with Crippen LogP contribution < -0.4 is 0 Å². The zero-order chi connectivity index (χ0) is 15.4. The van der Waals surface area contributed by atoms with Crippen LogP contribution in [0.15, 0.2) is 0 Å². The summed E-state index contributed by atoms with van der Waals surface area (Å²) in [7, 11) is 0. The summed E-state index contributed by atoms with van der Waals surface area (Å²) in [6.07, 6.45) is 2.25. The fraction of sp³-hybridized carbons (Fsp3) is 0.786. The van der Waals surface area contributed by atoms with E-state index in [1.165, 1.54) is 6.92 Å². The van der Waals surface area contributed by atoms with Crippen LogP contribution in [0.2, 0.25) is 0 Å². The molecule has 0 atom stereocenters. The molecule has 0 aromatic heterocycles. The van der Waals surface area contributed by atoms with Crippen molar-refractivity contribution in [3.05, 3.63) is 0 Å². The third-order valence-corrected chi connectivity index (χ3v) is 4.01. The molecule has 1 aliphatic heterocycles. The summed E-state index contributed by atoms with van der Waals surface area (Å²) >= 11 is 0. The molecule has 0 unspecified atom stereocenters. The van der Waals surface area contributed by atoms with Crippen molar-refractivity contribution in [3.63, 3.8) is 0 Å². The Balaban J connectivity index is 1.81. The summed E-state index contributed by atoms with van der Waals surface area (Å²) in [5.41, 5.74) is 0. The van der Waals surface area contributed by atoms with Gasteiger partial charge in [0, 0.05) is 39.6 Å². The molecule has 1 heterocycles. The van der Waals surface area contributed by atoms with E-state index in [9.17, 15) is 14.4 Å². The standard InChI is InChI=1S/C14H23N3O4/c1-11(18)16-4-6-17(7-5-16)13(19)9-15(10-14(20)21)8-12-2-3-12/h12H,2-10H2,1H3,(H,20,21). The molecule has 0 aromatic rings. The molecule has 0 aromatic carbocycles. The topological polar surface area (TPSA) is 81.2 Å². The molecule has 0 spiro atoms. The molecule has 7 heteroatoms. The number of aliphatic carboxylic acids is 1. The van der Waals surface area contributed by atoms with E-state index >= 15 is 0 Å². The van der Waals surface area contributed by atoms with Gasteiger partial charge in [0.25, 0.3) is 0 Å². The summed E-state index contributed by atoms with van der Waals surface area (Å²) in [4.78, 5) is 39.6. The fourth-order valence-electron chi connectivity index (χ4n) is 2.60. The van der Waals surface area contributed by atoms with Gasteiger partial charge in [-0.2, -0.15) is 0 Å². The van der Waals surface area contributed by atoms with Gasteiger partial charge in [-0.1, -0.05) is 0 Å². The molecule has 1 N–H and O–H groups in total. The van der Waals surface area contributed by atoms with E-state index in [2.05, 4.69) is 0 Å². The zero-order valence-corrected chi connectivity index (χ0v) is 12.5. The lowest BCUT2D eigenvalue weighted by molar-refractivity contribution is -0.142. The van der Waals surface area contributed by atoms with E-state index in [0.29, 0.717) is 38.6 Å². The highest BCUT2D eigenvalue weighted by molar-refractivity contribution is 5.80. The van der Waals surface area contributed by atoms with Crippen LogP contribution in [0.25, 0.3) is 0 Å². The maximum absolute atomic E-state index is 12.3. The third-order valence-electron chi connectivity index (χ3n) is 4.01. The molecule has 0 radical (unpaired) electrons. The van der Waals surface area contributed by atoms with Gasteiger partial charge in [0.15, 0.2) is 0 Å². The van der Waals surface area contributed by atoms with Crippen molar-refractivity contribution >= 4 is 17.8 Å². The molecule has 1 aliphatic carbocycles. The van der Waals surface area contributed by atoms with Crippen molar-refractivity contribution in [2.45, 2.75) is 19.8 Å². The maximum atomic E-state index is 12.3. The second-order valence-electron chi connectivity index (χ2n) is 5.89. The number of hydrogen-bond acceptors (Lipinski definition) is 4. The number of piperazine rings is 1. The van der Waals surface area contributed by atoms with E-state index in [1.807, 2.05) is 0 Å². The number of nitrogens with zero attached hydrogens (tertiary/aromatic N) is 3. The van der Waals surface area contributed by atoms with Crippen molar-refractivity contribution in [2.24, 2.45) is 5.92 Å². The van der Waals surface area contributed by atoms with E-state index in [1.54, 1.807) is 14.7 Å². The zero-order valence-electron chi connectivity index (χ0n) is 12.5. The van der Waals surface area contributed by atoms with Gasteiger partial charge in [0.1, 0.15) is 0 Å². The molecule has 2 fully saturated rings. The lowest BCUT2D eigenvalue weighted by Gasteiger charge is -2.35. The van der Waals surface area contributed by atoms with E-state index < -0.39 is 5.97 Å². The lowest BCUT2D eigenvalue weighted by Crippen LogP contribution is -2.52. The summed E-state index contributed by atoms with van der Waals surface area (Å²) in [6.45, 7) is 4.46. The minimum absolute atomic E-state index is 0.0309. The number of rotatable bonds is 6. The van der Waals surface area contributed by atoms with Crippen LogP contribution >= 0.6 is 0 Å². The summed E-state index contributed by atoms with van der Waals surface area (Å²) in [5.74, 6) is -0.361. The van der Waals surface area contributed by atoms with Crippen LogP contribution in [0, 0.1) is 5.92 Å². The SMILES string of the molecule is CC(=O)N1CCN(C(=O)CN(CC(=O)O)CC2CC2)CC1. The van der Waals surface area contributed by atoms with Crippen LogP contribution in [0.4, 0.5) is 0 Å². The highest BCUT2D eigenvalue weighted by Gasteiger charge is 2.28. The monoisotopic (exact) mass is 297 g/mol. The van der Waals surface area contributed by atoms with Gasteiger partial charge in [0.2, 0.25) is 11.8 Å². The Morgan fingerprint density at radius 3 is 2.10 bits per heavy atom. The molecule has 2 amide bonds. The molecule has 2 rings (SSSR count). The molecule has 118 valence electrons. The van der Waals surface area contributed by atoms with Gasteiger partial charge in [0.05, 0.1) is 13.1 Å². The van der Waals surface area contributed by atoms with Gasteiger partial charge in [-0.05, 0) is 18.8 Å². The fourth-order valence-corrected chi connectivity index (χ4v) is 2.60. The first-order valence-corrected chi connectivity index (χ1v) is 7.43. The average Bonchev–Trinajstić information content (AvgIpc) is 3.21. The maximum Gasteiger partial charge on any atom is 0.317 e. The predicted molar refractivity (Wildman–Crippen MR) is 75.6 cm³/mol. The Kier molecular flexibility index (Phi) is 5.17. The van der Waals surface area contributed by atoms with E-state index in [0.717, 1.165) is 12.8 Å². The van der Waals surface area contributed by atoms with Crippen LogP contribution in [0.3, 0.4) is 0 Å². The Morgan fingerprint density at radius 1 is 1.05 bits per heavy atom. The first-order valence-electron chi connectivity index (χ1n) is 7.43. The molecule has 2 aliphatic rings. The van der Waals surface area contributed by atoms with Crippen LogP contribution in [-0.2, 0) is 14.4 Å². The molecular weight excluding hydrogens is 274 g/mol. The van der Waals surface area contributed by atoms with Crippen molar-refractivity contribution in [3.8, 4) is 0 Å². The number of amides is 2. The van der Waals surface area contributed by atoms with Crippen molar-refractivity contribution < 1.29 is 19.5 Å². The molecular formula is C14H23N3O4. The van der Waals surface area contributed by atoms with Gasteiger partial charge in [-0.25, -0.2) is 0 Å². The molecule has 0 bridgehead atoms. The van der Waals surface area contributed by atoms with Gasteiger partial charge in [-0.15, -0.1) is 0 Å². The minimum Gasteiger partial charge on any atom is -0.480 e. The van der Waals surface area contributed by atoms with E-state index in [4.69, 9.17) is 5.11 Å². The number of carbonyl (C=O) groups excluding carboxylic acids is 2. The Bertz CT molecular complexity index is 414. The second-order valence-corrected chi connectivity index (χ2v) is 5.89. The van der Waals surface area contributed by atoms with Crippen molar-refractivity contribution in [2.75, 3.05) is 45.8 Å². The molecule has 7 nitrogen and oxygen atoms in total. The molecule has 21 heavy (non-hydrogen) atoms. The second kappa shape index (κ2) is 6.89. The van der Waals surface area contributed by atoms with Gasteiger partial charge >= 0.3 is 5.97 Å². The first kappa shape index (κ1) is 15.8. The quantitative estimate of drug-likeness (QED) is 0.713. The number of hydrogen-bond donors (Lipinski definition) is 1. The van der Waals surface area contributed by atoms with E-state index in [-0.39, 0.29) is 24.9 Å². The summed E-state index contributed by atoms with van der Waals surface area (Å²) in [5, 5.41) is 8.93. The predicted octanol–water partition coefficient (Wildman–Crippen LogP) is -0.526. The smallest absolute Gasteiger partial charge is 0.317 e. The summed E-state index contributed by atoms with van der Waals surface area (Å²) < 4.78 is 0. The molecule has 1 saturated heterocycles. The largest absolute Gasteiger partial charge is 0.480 e. The Labute approximate surface area is 124 Å². The number of carbonyl (C=O) groups is 3. The highest BCUT2D eigenvalue weighted by atomic mass is 16.4. The third kappa shape index (κ3) is 5.00. The molecule has 1 saturated carbocycles. The Hall–Kier alpha value is -1.63. The van der Waals surface area contributed by atoms with Gasteiger partial charge in [-0.3, -0.25) is 19.3 Å². The first-order chi connectivity index (χ1) is 9.95. The van der Waals surface area contributed by atoms with Crippen LogP contribution in [-0.4, -0.2) is 83.4 Å². The Morgan fingerprint density at radius 2 is 1.62 bits per heavy atom. The lowest BCUT2D eigenvalue weighted by atomic mass is 10.3. The van der Waals surface area contributed by atoms with Crippen molar-refractivity contribution in [1.29, 1.82) is 0 Å². The average molecular weight is 297 g/mol. The highest BCUT2D eigenvalue weighted by Crippen LogP contribution is 2.29. The normalized spacial score (nSPS) is 19.0. The minimum atomic E-state index is -0.898. The number of carboxylic acid groups (broad SMARTS) is 1. The van der Waals surface area contributed by atoms with Crippen LogP contribution in [0.1, 0.15) is 19.8 Å². The van der Waals surface area contributed by atoms with Crippen molar-refractivity contribution in [1.82, 2.24) is 14.7 Å². The van der Waals surface area contributed by atoms with Gasteiger partial charge < -0.3 is 14.9 Å². The van der Waals surface area contributed by atoms with Crippen LogP contribution in [0.5, 0.6) is 0 Å².